The predicted molar refractivity (Wildman–Crippen MR) is 139 cm³/mol. The topological polar surface area (TPSA) is 90.9 Å². The lowest BCUT2D eigenvalue weighted by Crippen LogP contribution is -2.44. The molecule has 1 atom stereocenters. The second kappa shape index (κ2) is 13.3. The van der Waals surface area contributed by atoms with Gasteiger partial charge in [-0.15, -0.1) is 24.0 Å². The Morgan fingerprint density at radius 1 is 1.31 bits per heavy atom. The highest BCUT2D eigenvalue weighted by Crippen LogP contribution is 2.25. The van der Waals surface area contributed by atoms with Gasteiger partial charge in [0, 0.05) is 45.5 Å². The summed E-state index contributed by atoms with van der Waals surface area (Å²) in [7, 11) is 1.75. The van der Waals surface area contributed by atoms with Crippen molar-refractivity contribution < 1.29 is 9.53 Å². The number of carbonyl (C=O) groups is 1. The number of anilines is 1. The largest absolute Gasteiger partial charge is 0.484 e. The van der Waals surface area contributed by atoms with E-state index >= 15 is 0 Å². The normalized spacial score (nSPS) is 15.7. The number of halogens is 2. The summed E-state index contributed by atoms with van der Waals surface area (Å²) in [5, 5.41) is 10.2. The zero-order valence-electron chi connectivity index (χ0n) is 18.3. The van der Waals surface area contributed by atoms with Gasteiger partial charge >= 0.3 is 0 Å². The van der Waals surface area contributed by atoms with E-state index in [9.17, 15) is 4.79 Å². The number of benzene rings is 1. The van der Waals surface area contributed by atoms with Gasteiger partial charge in [0.15, 0.2) is 12.6 Å². The molecule has 1 aromatic heterocycles. The smallest absolute Gasteiger partial charge is 0.257 e. The van der Waals surface area contributed by atoms with Crippen LogP contribution in [0.3, 0.4) is 0 Å². The van der Waals surface area contributed by atoms with Crippen molar-refractivity contribution in [3.8, 4) is 5.75 Å². The van der Waals surface area contributed by atoms with Crippen molar-refractivity contribution in [2.24, 2.45) is 4.99 Å². The number of aliphatic imine (C=N–C) groups is 1. The molecule has 1 saturated heterocycles. The number of pyridine rings is 1. The van der Waals surface area contributed by atoms with Crippen molar-refractivity contribution in [2.45, 2.75) is 25.9 Å². The van der Waals surface area contributed by atoms with Crippen molar-refractivity contribution in [3.63, 3.8) is 0 Å². The van der Waals surface area contributed by atoms with E-state index in [1.807, 2.05) is 43.3 Å². The van der Waals surface area contributed by atoms with E-state index in [1.165, 1.54) is 0 Å². The molecule has 2 aromatic rings. The molecule has 1 fully saturated rings. The van der Waals surface area contributed by atoms with Crippen LogP contribution >= 0.6 is 35.6 Å². The molecular weight excluding hydrogens is 543 g/mol. The molecule has 32 heavy (non-hydrogen) atoms. The standard InChI is InChI=1S/C22H29ClN6O2.HI/c1-3-25-20(30)15-31-18-7-4-6-16(12-18)13-27-22(24-2)28-17-9-11-29(14-17)21-19(23)8-5-10-26-21;/h4-8,10,12,17H,3,9,11,13-15H2,1-2H3,(H,25,30)(H2,24,27,28);1H. The summed E-state index contributed by atoms with van der Waals surface area (Å²) in [6, 6.07) is 11.6. The maximum Gasteiger partial charge on any atom is 0.257 e. The molecule has 3 rings (SSSR count). The number of rotatable bonds is 8. The van der Waals surface area contributed by atoms with Gasteiger partial charge in [0.05, 0.1) is 5.02 Å². The summed E-state index contributed by atoms with van der Waals surface area (Å²) in [5.41, 5.74) is 1.03. The average molecular weight is 573 g/mol. The monoisotopic (exact) mass is 572 g/mol. The van der Waals surface area contributed by atoms with Crippen molar-refractivity contribution in [2.75, 3.05) is 38.2 Å². The summed E-state index contributed by atoms with van der Waals surface area (Å²) >= 11 is 6.28. The first-order chi connectivity index (χ1) is 15.1. The lowest BCUT2D eigenvalue weighted by molar-refractivity contribution is -0.122. The molecule has 2 heterocycles. The van der Waals surface area contributed by atoms with Crippen LogP contribution in [-0.2, 0) is 11.3 Å². The second-order valence-corrected chi connectivity index (χ2v) is 7.61. The highest BCUT2D eigenvalue weighted by molar-refractivity contribution is 14.0. The van der Waals surface area contributed by atoms with Crippen LogP contribution in [0.15, 0.2) is 47.6 Å². The minimum absolute atomic E-state index is 0. The first kappa shape index (κ1) is 26.0. The summed E-state index contributed by atoms with van der Waals surface area (Å²) in [6.45, 7) is 4.75. The minimum atomic E-state index is -0.131. The van der Waals surface area contributed by atoms with Crippen LogP contribution in [0, 0.1) is 0 Å². The van der Waals surface area contributed by atoms with Crippen molar-refractivity contribution in [1.29, 1.82) is 0 Å². The third-order valence-electron chi connectivity index (χ3n) is 4.89. The van der Waals surface area contributed by atoms with Gasteiger partial charge in [-0.3, -0.25) is 9.79 Å². The van der Waals surface area contributed by atoms with E-state index in [4.69, 9.17) is 16.3 Å². The van der Waals surface area contributed by atoms with Crippen molar-refractivity contribution in [3.05, 3.63) is 53.2 Å². The molecule has 1 unspecified atom stereocenters. The van der Waals surface area contributed by atoms with E-state index in [0.717, 1.165) is 36.9 Å². The van der Waals surface area contributed by atoms with Gasteiger partial charge in [0.2, 0.25) is 0 Å². The molecule has 174 valence electrons. The summed E-state index contributed by atoms with van der Waals surface area (Å²) in [5.74, 6) is 2.08. The van der Waals surface area contributed by atoms with E-state index in [0.29, 0.717) is 23.9 Å². The molecule has 0 aliphatic carbocycles. The maximum absolute atomic E-state index is 11.6. The SMILES string of the molecule is CCNC(=O)COc1cccc(CNC(=NC)NC2CCN(c3ncccc3Cl)C2)c1.I. The Bertz CT molecular complexity index is 913. The fourth-order valence-corrected chi connectivity index (χ4v) is 3.64. The van der Waals surface area contributed by atoms with Crippen LogP contribution in [0.5, 0.6) is 5.75 Å². The van der Waals surface area contributed by atoms with Crippen LogP contribution in [-0.4, -0.2) is 56.2 Å². The van der Waals surface area contributed by atoms with Crippen molar-refractivity contribution >= 4 is 53.3 Å². The average Bonchev–Trinajstić information content (AvgIpc) is 3.24. The number of nitrogens with zero attached hydrogens (tertiary/aromatic N) is 3. The molecule has 8 nitrogen and oxygen atoms in total. The zero-order chi connectivity index (χ0) is 22.1. The van der Waals surface area contributed by atoms with E-state index < -0.39 is 0 Å². The molecule has 0 radical (unpaired) electrons. The van der Waals surface area contributed by atoms with E-state index in [-0.39, 0.29) is 42.5 Å². The molecule has 0 spiro atoms. The molecule has 1 aliphatic rings. The summed E-state index contributed by atoms with van der Waals surface area (Å²) in [4.78, 5) is 22.5. The quantitative estimate of drug-likeness (QED) is 0.256. The summed E-state index contributed by atoms with van der Waals surface area (Å²) < 4.78 is 5.56. The Morgan fingerprint density at radius 2 is 2.16 bits per heavy atom. The number of hydrogen-bond acceptors (Lipinski definition) is 5. The van der Waals surface area contributed by atoms with Gasteiger partial charge in [-0.05, 0) is 43.2 Å². The number of hydrogen-bond donors (Lipinski definition) is 3. The highest BCUT2D eigenvalue weighted by atomic mass is 127. The lowest BCUT2D eigenvalue weighted by Gasteiger charge is -2.20. The van der Waals surface area contributed by atoms with Crippen LogP contribution < -0.4 is 25.6 Å². The Labute approximate surface area is 211 Å². The molecule has 10 heteroatoms. The maximum atomic E-state index is 11.6. The predicted octanol–water partition coefficient (Wildman–Crippen LogP) is 2.81. The molecule has 0 bridgehead atoms. The molecule has 0 saturated carbocycles. The number of ether oxygens (including phenoxy) is 1. The number of likely N-dealkylation sites (N-methyl/N-ethyl adjacent to an activating group) is 1. The van der Waals surface area contributed by atoms with Crippen molar-refractivity contribution in [1.82, 2.24) is 20.9 Å². The van der Waals surface area contributed by atoms with Gasteiger partial charge in [0.25, 0.3) is 5.91 Å². The van der Waals surface area contributed by atoms with Crippen LogP contribution in [0.25, 0.3) is 0 Å². The molecule has 1 aliphatic heterocycles. The Kier molecular flexibility index (Phi) is 10.8. The van der Waals surface area contributed by atoms with Gasteiger partial charge in [-0.1, -0.05) is 23.7 Å². The molecular formula is C22H30ClIN6O2. The zero-order valence-corrected chi connectivity index (χ0v) is 21.4. The Morgan fingerprint density at radius 3 is 2.91 bits per heavy atom. The fraction of sp³-hybridized carbons (Fsp3) is 0.409. The van der Waals surface area contributed by atoms with Crippen LogP contribution in [0.4, 0.5) is 5.82 Å². The van der Waals surface area contributed by atoms with Gasteiger partial charge < -0.3 is 25.6 Å². The number of amides is 1. The molecule has 1 amide bonds. The van der Waals surface area contributed by atoms with Gasteiger partial charge in [-0.25, -0.2) is 4.98 Å². The summed E-state index contributed by atoms with van der Waals surface area (Å²) in [6.07, 6.45) is 2.73. The number of carbonyl (C=O) groups excluding carboxylic acids is 1. The second-order valence-electron chi connectivity index (χ2n) is 7.20. The Balaban J connectivity index is 0.00000363. The van der Waals surface area contributed by atoms with E-state index in [1.54, 1.807) is 13.2 Å². The number of guanidine groups is 1. The third kappa shape index (κ3) is 7.70. The number of nitrogens with one attached hydrogen (secondary N) is 3. The van der Waals surface area contributed by atoms with Crippen LogP contribution in [0.2, 0.25) is 5.02 Å². The molecule has 1 aromatic carbocycles. The van der Waals surface area contributed by atoms with E-state index in [2.05, 4.69) is 30.8 Å². The minimum Gasteiger partial charge on any atom is -0.484 e. The first-order valence-corrected chi connectivity index (χ1v) is 10.8. The fourth-order valence-electron chi connectivity index (χ4n) is 3.40. The Hall–Kier alpha value is -2.27. The highest BCUT2D eigenvalue weighted by Gasteiger charge is 2.25. The first-order valence-electron chi connectivity index (χ1n) is 10.4. The lowest BCUT2D eigenvalue weighted by atomic mass is 10.2. The third-order valence-corrected chi connectivity index (χ3v) is 5.19. The van der Waals surface area contributed by atoms with Crippen LogP contribution in [0.1, 0.15) is 18.9 Å². The number of aromatic nitrogens is 1. The molecule has 3 N–H and O–H groups in total. The van der Waals surface area contributed by atoms with Gasteiger partial charge in [-0.2, -0.15) is 0 Å². The van der Waals surface area contributed by atoms with Gasteiger partial charge in [0.1, 0.15) is 11.6 Å².